The second kappa shape index (κ2) is 5.07. The van der Waals surface area contributed by atoms with Gasteiger partial charge in [0.1, 0.15) is 5.82 Å². The van der Waals surface area contributed by atoms with Crippen LogP contribution in [-0.4, -0.2) is 5.11 Å². The fraction of sp³-hybridized carbons (Fsp3) is 0.533. The fourth-order valence-electron chi connectivity index (χ4n) is 2.97. The van der Waals surface area contributed by atoms with Crippen molar-refractivity contribution in [2.24, 2.45) is 11.3 Å². The first kappa shape index (κ1) is 13.0. The molecule has 96 valence electrons. The Labute approximate surface area is 107 Å². The molecule has 0 heterocycles. The summed E-state index contributed by atoms with van der Waals surface area (Å²) in [7, 11) is 0. The summed E-state index contributed by atoms with van der Waals surface area (Å²) in [5.74, 6) is 0.127. The number of aliphatic hydroxyl groups is 1. The molecule has 18 heavy (non-hydrogen) atoms. The van der Waals surface area contributed by atoms with E-state index < -0.39 is 11.5 Å². The van der Waals surface area contributed by atoms with E-state index in [0.29, 0.717) is 24.3 Å². The molecule has 2 rings (SSSR count). The largest absolute Gasteiger partial charge is 0.387 e. The summed E-state index contributed by atoms with van der Waals surface area (Å²) < 4.78 is 12.9. The first-order chi connectivity index (χ1) is 8.57. The van der Waals surface area contributed by atoms with Crippen LogP contribution in [0.2, 0.25) is 0 Å². The van der Waals surface area contributed by atoms with Gasteiger partial charge in [0, 0.05) is 0 Å². The number of nitrogens with zero attached hydrogens (tertiary/aromatic N) is 1. The van der Waals surface area contributed by atoms with Crippen LogP contribution in [0.1, 0.15) is 44.3 Å². The summed E-state index contributed by atoms with van der Waals surface area (Å²) in [5, 5.41) is 19.9. The molecule has 0 radical (unpaired) electrons. The van der Waals surface area contributed by atoms with Gasteiger partial charge in [-0.2, -0.15) is 5.26 Å². The van der Waals surface area contributed by atoms with E-state index in [1.54, 1.807) is 12.1 Å². The highest BCUT2D eigenvalue weighted by atomic mass is 19.1. The van der Waals surface area contributed by atoms with Gasteiger partial charge in [0.15, 0.2) is 0 Å². The van der Waals surface area contributed by atoms with E-state index >= 15 is 0 Å². The van der Waals surface area contributed by atoms with Crippen molar-refractivity contribution < 1.29 is 9.50 Å². The normalized spacial score (nSPS) is 29.6. The third kappa shape index (κ3) is 2.39. The van der Waals surface area contributed by atoms with E-state index in [-0.39, 0.29) is 5.82 Å². The highest BCUT2D eigenvalue weighted by Crippen LogP contribution is 2.47. The quantitative estimate of drug-likeness (QED) is 0.868. The Morgan fingerprint density at radius 2 is 2.11 bits per heavy atom. The predicted molar refractivity (Wildman–Crippen MR) is 67.0 cm³/mol. The Morgan fingerprint density at radius 1 is 1.44 bits per heavy atom. The van der Waals surface area contributed by atoms with Gasteiger partial charge in [-0.1, -0.05) is 31.9 Å². The van der Waals surface area contributed by atoms with E-state index in [1.165, 1.54) is 12.1 Å². The smallest absolute Gasteiger partial charge is 0.123 e. The molecule has 1 aromatic carbocycles. The second-order valence-electron chi connectivity index (χ2n) is 5.42. The summed E-state index contributed by atoms with van der Waals surface area (Å²) in [4.78, 5) is 0. The molecule has 2 nitrogen and oxygen atoms in total. The molecule has 1 fully saturated rings. The fourth-order valence-corrected chi connectivity index (χ4v) is 2.97. The Balaban J connectivity index is 2.27. The lowest BCUT2D eigenvalue weighted by Crippen LogP contribution is -2.32. The molecular weight excluding hydrogens is 229 g/mol. The zero-order chi connectivity index (χ0) is 13.2. The Kier molecular flexibility index (Phi) is 3.68. The third-order valence-electron chi connectivity index (χ3n) is 3.96. The maximum absolute atomic E-state index is 12.9. The monoisotopic (exact) mass is 247 g/mol. The van der Waals surface area contributed by atoms with Crippen LogP contribution >= 0.6 is 0 Å². The summed E-state index contributed by atoms with van der Waals surface area (Å²) >= 11 is 0. The molecule has 0 amide bonds. The van der Waals surface area contributed by atoms with Crippen molar-refractivity contribution in [3.05, 3.63) is 35.6 Å². The van der Waals surface area contributed by atoms with Crippen LogP contribution in [0.25, 0.3) is 0 Å². The number of nitriles is 1. The minimum absolute atomic E-state index is 0.325. The molecule has 3 unspecified atom stereocenters. The molecule has 1 N–H and O–H groups in total. The number of aliphatic hydroxyl groups excluding tert-OH is 1. The zero-order valence-electron chi connectivity index (χ0n) is 10.6. The molecule has 1 aromatic rings. The van der Waals surface area contributed by atoms with Gasteiger partial charge in [0.2, 0.25) is 0 Å². The molecule has 1 saturated carbocycles. The van der Waals surface area contributed by atoms with E-state index in [4.69, 9.17) is 0 Å². The molecule has 3 heteroatoms. The predicted octanol–water partition coefficient (Wildman–Crippen LogP) is 3.58. The third-order valence-corrected chi connectivity index (χ3v) is 3.96. The highest BCUT2D eigenvalue weighted by Gasteiger charge is 2.42. The number of rotatable bonds is 2. The summed E-state index contributed by atoms with van der Waals surface area (Å²) in [6, 6.07) is 8.11. The van der Waals surface area contributed by atoms with Crippen LogP contribution in [0.4, 0.5) is 4.39 Å². The van der Waals surface area contributed by atoms with E-state index in [2.05, 4.69) is 13.0 Å². The van der Waals surface area contributed by atoms with Gasteiger partial charge in [-0.25, -0.2) is 4.39 Å². The SMILES string of the molecule is CC1CCCC(C#N)(C(O)c2ccc(F)cc2)C1. The van der Waals surface area contributed by atoms with Crippen LogP contribution in [0.15, 0.2) is 24.3 Å². The van der Waals surface area contributed by atoms with Crippen molar-refractivity contribution in [3.63, 3.8) is 0 Å². The average Bonchev–Trinajstić information content (AvgIpc) is 2.38. The van der Waals surface area contributed by atoms with Crippen molar-refractivity contribution in [3.8, 4) is 6.07 Å². The van der Waals surface area contributed by atoms with E-state index in [1.807, 2.05) is 0 Å². The van der Waals surface area contributed by atoms with E-state index in [9.17, 15) is 14.8 Å². The topological polar surface area (TPSA) is 44.0 Å². The second-order valence-corrected chi connectivity index (χ2v) is 5.42. The lowest BCUT2D eigenvalue weighted by atomic mass is 9.66. The van der Waals surface area contributed by atoms with Gasteiger partial charge in [-0.05, 0) is 36.5 Å². The summed E-state index contributed by atoms with van der Waals surface area (Å²) in [6.07, 6.45) is 2.67. The number of benzene rings is 1. The molecule has 0 bridgehead atoms. The van der Waals surface area contributed by atoms with Gasteiger partial charge in [-0.3, -0.25) is 0 Å². The van der Waals surface area contributed by atoms with Crippen LogP contribution in [0, 0.1) is 28.5 Å². The van der Waals surface area contributed by atoms with Crippen molar-refractivity contribution in [2.75, 3.05) is 0 Å². The molecule has 0 saturated heterocycles. The molecule has 0 spiro atoms. The first-order valence-electron chi connectivity index (χ1n) is 6.42. The zero-order valence-corrected chi connectivity index (χ0v) is 10.6. The molecule has 0 aromatic heterocycles. The lowest BCUT2D eigenvalue weighted by Gasteiger charge is -2.38. The van der Waals surface area contributed by atoms with Crippen LogP contribution in [-0.2, 0) is 0 Å². The van der Waals surface area contributed by atoms with E-state index in [0.717, 1.165) is 12.8 Å². The number of hydrogen-bond acceptors (Lipinski definition) is 2. The Morgan fingerprint density at radius 3 is 2.67 bits per heavy atom. The van der Waals surface area contributed by atoms with Gasteiger partial charge < -0.3 is 5.11 Å². The van der Waals surface area contributed by atoms with Crippen LogP contribution in [0.5, 0.6) is 0 Å². The van der Waals surface area contributed by atoms with Crippen molar-refractivity contribution in [1.82, 2.24) is 0 Å². The maximum atomic E-state index is 12.9. The van der Waals surface area contributed by atoms with Crippen molar-refractivity contribution >= 4 is 0 Å². The van der Waals surface area contributed by atoms with Gasteiger partial charge in [0.25, 0.3) is 0 Å². The molecule has 3 atom stereocenters. The molecule has 1 aliphatic carbocycles. The summed E-state index contributed by atoms with van der Waals surface area (Å²) in [6.45, 7) is 2.11. The minimum Gasteiger partial charge on any atom is -0.387 e. The molecular formula is C15H18FNO. The van der Waals surface area contributed by atoms with Crippen molar-refractivity contribution in [2.45, 2.75) is 38.7 Å². The Hall–Kier alpha value is -1.40. The van der Waals surface area contributed by atoms with Crippen molar-refractivity contribution in [1.29, 1.82) is 5.26 Å². The summed E-state index contributed by atoms with van der Waals surface area (Å²) in [5.41, 5.74) is -0.0813. The van der Waals surface area contributed by atoms with Gasteiger partial charge in [-0.15, -0.1) is 0 Å². The standard InChI is InChI=1S/C15H18FNO/c1-11-3-2-8-15(9-11,10-17)14(18)12-4-6-13(16)7-5-12/h4-7,11,14,18H,2-3,8-9H2,1H3. The highest BCUT2D eigenvalue weighted by molar-refractivity contribution is 5.24. The molecule has 0 aliphatic heterocycles. The van der Waals surface area contributed by atoms with Crippen LogP contribution in [0.3, 0.4) is 0 Å². The average molecular weight is 247 g/mol. The maximum Gasteiger partial charge on any atom is 0.123 e. The minimum atomic E-state index is -0.828. The Bertz CT molecular complexity index is 451. The first-order valence-corrected chi connectivity index (χ1v) is 6.42. The molecule has 1 aliphatic rings. The van der Waals surface area contributed by atoms with Gasteiger partial charge >= 0.3 is 0 Å². The number of halogens is 1. The van der Waals surface area contributed by atoms with Gasteiger partial charge in [0.05, 0.1) is 17.6 Å². The van der Waals surface area contributed by atoms with Crippen LogP contribution < -0.4 is 0 Å². The lowest BCUT2D eigenvalue weighted by molar-refractivity contribution is 0.0219. The number of hydrogen-bond donors (Lipinski definition) is 1.